The molecule has 0 radical (unpaired) electrons. The van der Waals surface area contributed by atoms with Crippen LogP contribution in [0.2, 0.25) is 0 Å². The first-order valence-corrected chi connectivity index (χ1v) is 7.86. The quantitative estimate of drug-likeness (QED) is 0.717. The van der Waals surface area contributed by atoms with Gasteiger partial charge in [-0.05, 0) is 36.8 Å². The van der Waals surface area contributed by atoms with Gasteiger partial charge in [0.05, 0.1) is 17.9 Å². The summed E-state index contributed by atoms with van der Waals surface area (Å²) in [5.74, 6) is 0.808. The first-order chi connectivity index (χ1) is 10.7. The summed E-state index contributed by atoms with van der Waals surface area (Å²) in [7, 11) is 1.94. The highest BCUT2D eigenvalue weighted by molar-refractivity contribution is 5.79. The number of pyridine rings is 1. The molecule has 22 heavy (non-hydrogen) atoms. The first-order valence-electron chi connectivity index (χ1n) is 7.86. The molecule has 0 fully saturated rings. The Morgan fingerprint density at radius 1 is 1.09 bits per heavy atom. The largest absolute Gasteiger partial charge is 0.275 e. The average Bonchev–Trinajstić information content (AvgIpc) is 3.14. The van der Waals surface area contributed by atoms with Crippen molar-refractivity contribution in [1.29, 1.82) is 0 Å². The molecule has 3 aromatic heterocycles. The Morgan fingerprint density at radius 2 is 2.00 bits per heavy atom. The zero-order chi connectivity index (χ0) is 15.1. The highest BCUT2D eigenvalue weighted by Crippen LogP contribution is 2.32. The molecule has 1 atom stereocenters. The topological polar surface area (TPSA) is 35.1 Å². The molecule has 1 unspecified atom stereocenters. The molecule has 0 bridgehead atoms. The number of nitrogens with zero attached hydrogens (tertiary/aromatic N) is 4. The van der Waals surface area contributed by atoms with Crippen molar-refractivity contribution >= 4 is 11.1 Å². The van der Waals surface area contributed by atoms with E-state index in [2.05, 4.69) is 41.5 Å². The number of aryl methyl sites for hydroxylation is 1. The molecular weight excluding hydrogens is 272 g/mol. The lowest BCUT2D eigenvalue weighted by atomic mass is 9.88. The van der Waals surface area contributed by atoms with Gasteiger partial charge >= 0.3 is 0 Å². The molecule has 3 heterocycles. The highest BCUT2D eigenvalue weighted by Gasteiger charge is 2.15. The van der Waals surface area contributed by atoms with Crippen LogP contribution in [-0.2, 0) is 7.05 Å². The normalized spacial score (nSPS) is 18.6. The van der Waals surface area contributed by atoms with Crippen LogP contribution in [0.5, 0.6) is 0 Å². The molecule has 0 saturated heterocycles. The third kappa shape index (κ3) is 2.25. The molecule has 3 aromatic rings. The zero-order valence-electron chi connectivity index (χ0n) is 13.0. The molecule has 4 rings (SSSR count). The van der Waals surface area contributed by atoms with Gasteiger partial charge in [0.15, 0.2) is 0 Å². The summed E-state index contributed by atoms with van der Waals surface area (Å²) in [5, 5.41) is 8.79. The standard InChI is InChI=1S/C18H20N4/c1-13-3-5-14(6-4-13)17-10-20-22-12-15(7-8-18(17)22)16-9-19-21(2)11-16/h5,7-13H,3-4,6H2,1-2H3. The highest BCUT2D eigenvalue weighted by atomic mass is 15.2. The summed E-state index contributed by atoms with van der Waals surface area (Å²) >= 11 is 0. The molecular formula is C18H20N4. The molecule has 4 heteroatoms. The molecule has 0 aliphatic heterocycles. The van der Waals surface area contributed by atoms with Crippen LogP contribution in [0.25, 0.3) is 22.2 Å². The Labute approximate surface area is 130 Å². The van der Waals surface area contributed by atoms with Gasteiger partial charge in [0.2, 0.25) is 0 Å². The van der Waals surface area contributed by atoms with Gasteiger partial charge in [-0.2, -0.15) is 10.2 Å². The molecule has 0 aromatic carbocycles. The van der Waals surface area contributed by atoms with Gasteiger partial charge in [-0.1, -0.05) is 19.1 Å². The van der Waals surface area contributed by atoms with Crippen LogP contribution in [0.1, 0.15) is 31.7 Å². The van der Waals surface area contributed by atoms with E-state index >= 15 is 0 Å². The van der Waals surface area contributed by atoms with Crippen molar-refractivity contribution in [2.75, 3.05) is 0 Å². The number of hydrogen-bond donors (Lipinski definition) is 0. The van der Waals surface area contributed by atoms with Crippen LogP contribution < -0.4 is 0 Å². The summed E-state index contributed by atoms with van der Waals surface area (Å²) < 4.78 is 3.80. The minimum absolute atomic E-state index is 0.808. The Hall–Kier alpha value is -2.36. The monoisotopic (exact) mass is 292 g/mol. The molecule has 0 saturated carbocycles. The molecule has 0 N–H and O–H groups in total. The minimum Gasteiger partial charge on any atom is -0.275 e. The lowest BCUT2D eigenvalue weighted by Crippen LogP contribution is -2.00. The van der Waals surface area contributed by atoms with Gasteiger partial charge in [0, 0.05) is 36.1 Å². The van der Waals surface area contributed by atoms with Crippen molar-refractivity contribution in [2.24, 2.45) is 13.0 Å². The smallest absolute Gasteiger partial charge is 0.0737 e. The second-order valence-electron chi connectivity index (χ2n) is 6.32. The van der Waals surface area contributed by atoms with Crippen LogP contribution in [0.15, 0.2) is 43.0 Å². The summed E-state index contributed by atoms with van der Waals surface area (Å²) in [5.41, 5.74) is 6.17. The van der Waals surface area contributed by atoms with Gasteiger partial charge in [0.25, 0.3) is 0 Å². The van der Waals surface area contributed by atoms with Crippen molar-refractivity contribution < 1.29 is 0 Å². The summed E-state index contributed by atoms with van der Waals surface area (Å²) in [6.45, 7) is 2.32. The van der Waals surface area contributed by atoms with E-state index in [9.17, 15) is 0 Å². The van der Waals surface area contributed by atoms with Crippen molar-refractivity contribution in [3.8, 4) is 11.1 Å². The van der Waals surface area contributed by atoms with Crippen LogP contribution >= 0.6 is 0 Å². The second kappa shape index (κ2) is 5.13. The molecule has 4 nitrogen and oxygen atoms in total. The van der Waals surface area contributed by atoms with E-state index in [1.165, 1.54) is 29.5 Å². The van der Waals surface area contributed by atoms with Gasteiger partial charge in [-0.25, -0.2) is 4.52 Å². The second-order valence-corrected chi connectivity index (χ2v) is 6.32. The van der Waals surface area contributed by atoms with Crippen LogP contribution in [0.4, 0.5) is 0 Å². The predicted molar refractivity (Wildman–Crippen MR) is 88.4 cm³/mol. The third-order valence-corrected chi connectivity index (χ3v) is 4.57. The van der Waals surface area contributed by atoms with Crippen molar-refractivity contribution in [1.82, 2.24) is 19.4 Å². The molecule has 1 aliphatic rings. The summed E-state index contributed by atoms with van der Waals surface area (Å²) in [4.78, 5) is 0. The predicted octanol–water partition coefficient (Wildman–Crippen LogP) is 3.94. The number of fused-ring (bicyclic) bond motifs is 1. The van der Waals surface area contributed by atoms with E-state index in [0.29, 0.717) is 0 Å². The Morgan fingerprint density at radius 3 is 2.73 bits per heavy atom. The molecule has 0 amide bonds. The lowest BCUT2D eigenvalue weighted by Gasteiger charge is -2.17. The fourth-order valence-electron chi connectivity index (χ4n) is 3.18. The van der Waals surface area contributed by atoms with Gasteiger partial charge in [0.1, 0.15) is 0 Å². The number of aromatic nitrogens is 4. The van der Waals surface area contributed by atoms with Crippen molar-refractivity contribution in [3.05, 3.63) is 48.6 Å². The van der Waals surface area contributed by atoms with Crippen LogP contribution in [-0.4, -0.2) is 19.4 Å². The number of hydrogen-bond acceptors (Lipinski definition) is 2. The summed E-state index contributed by atoms with van der Waals surface area (Å²) in [6.07, 6.45) is 14.0. The van der Waals surface area contributed by atoms with Crippen molar-refractivity contribution in [3.63, 3.8) is 0 Å². The number of allylic oxidation sites excluding steroid dienone is 2. The van der Waals surface area contributed by atoms with E-state index in [4.69, 9.17) is 0 Å². The zero-order valence-corrected chi connectivity index (χ0v) is 13.0. The molecule has 1 aliphatic carbocycles. The van der Waals surface area contributed by atoms with E-state index in [1.807, 2.05) is 34.8 Å². The Balaban J connectivity index is 1.74. The molecule has 112 valence electrons. The Kier molecular flexibility index (Phi) is 3.10. The van der Waals surface area contributed by atoms with E-state index in [-0.39, 0.29) is 0 Å². The van der Waals surface area contributed by atoms with Crippen molar-refractivity contribution in [2.45, 2.75) is 26.2 Å². The first kappa shape index (κ1) is 13.3. The van der Waals surface area contributed by atoms with Crippen LogP contribution in [0.3, 0.4) is 0 Å². The fraction of sp³-hybridized carbons (Fsp3) is 0.333. The Bertz CT molecular complexity index is 853. The van der Waals surface area contributed by atoms with Gasteiger partial charge in [-0.3, -0.25) is 4.68 Å². The maximum absolute atomic E-state index is 4.55. The average molecular weight is 292 g/mol. The lowest BCUT2D eigenvalue weighted by molar-refractivity contribution is 0.534. The van der Waals surface area contributed by atoms with E-state index < -0.39 is 0 Å². The third-order valence-electron chi connectivity index (χ3n) is 4.57. The maximum atomic E-state index is 4.55. The summed E-state index contributed by atoms with van der Waals surface area (Å²) in [6, 6.07) is 4.33. The van der Waals surface area contributed by atoms with Gasteiger partial charge in [-0.15, -0.1) is 0 Å². The minimum atomic E-state index is 0.808. The van der Waals surface area contributed by atoms with E-state index in [0.717, 1.165) is 23.5 Å². The maximum Gasteiger partial charge on any atom is 0.0737 e. The SMILES string of the molecule is CC1CC=C(c2cnn3cc(-c4cnn(C)c4)ccc23)CC1. The number of rotatable bonds is 2. The van der Waals surface area contributed by atoms with E-state index in [1.54, 1.807) is 0 Å². The van der Waals surface area contributed by atoms with Gasteiger partial charge < -0.3 is 0 Å². The molecule has 0 spiro atoms. The fourth-order valence-corrected chi connectivity index (χ4v) is 3.18. The van der Waals surface area contributed by atoms with Crippen LogP contribution in [0, 0.1) is 5.92 Å².